The van der Waals surface area contributed by atoms with Crippen molar-refractivity contribution in [2.24, 2.45) is 0 Å². The van der Waals surface area contributed by atoms with Crippen molar-refractivity contribution in [3.63, 3.8) is 0 Å². The largest absolute Gasteiger partial charge is 0.492 e. The maximum absolute atomic E-state index is 13.0. The standard InChI is InChI=1S/C14H18F3NO2/c1-13(7-4-8-18-13)9-5-6-10(14(15,16)17)12(20-3)11(9)19-2/h5-6,18H,4,7-8H2,1-3H3. The molecule has 0 aromatic heterocycles. The molecule has 1 aliphatic rings. The van der Waals surface area contributed by atoms with Crippen LogP contribution < -0.4 is 14.8 Å². The van der Waals surface area contributed by atoms with Crippen molar-refractivity contribution in [3.8, 4) is 11.5 Å². The van der Waals surface area contributed by atoms with Crippen LogP contribution in [0.2, 0.25) is 0 Å². The molecule has 6 heteroatoms. The van der Waals surface area contributed by atoms with Crippen molar-refractivity contribution in [2.45, 2.75) is 31.5 Å². The molecule has 0 spiro atoms. The molecule has 1 aromatic carbocycles. The van der Waals surface area contributed by atoms with Crippen LogP contribution >= 0.6 is 0 Å². The Kier molecular flexibility index (Phi) is 3.86. The van der Waals surface area contributed by atoms with Crippen LogP contribution in [0.1, 0.15) is 30.9 Å². The number of alkyl halides is 3. The topological polar surface area (TPSA) is 30.5 Å². The molecule has 1 saturated heterocycles. The summed E-state index contributed by atoms with van der Waals surface area (Å²) in [6.45, 7) is 2.80. The first-order valence-corrected chi connectivity index (χ1v) is 6.41. The number of benzene rings is 1. The molecule has 0 saturated carbocycles. The van der Waals surface area contributed by atoms with Crippen LogP contribution in [-0.2, 0) is 11.7 Å². The highest BCUT2D eigenvalue weighted by molar-refractivity contribution is 5.55. The highest BCUT2D eigenvalue weighted by Crippen LogP contribution is 2.47. The van der Waals surface area contributed by atoms with Gasteiger partial charge < -0.3 is 14.8 Å². The summed E-state index contributed by atoms with van der Waals surface area (Å²) in [7, 11) is 2.58. The molecule has 0 amide bonds. The highest BCUT2D eigenvalue weighted by Gasteiger charge is 2.40. The summed E-state index contributed by atoms with van der Waals surface area (Å²) in [5.41, 5.74) is -0.507. The summed E-state index contributed by atoms with van der Waals surface area (Å²) in [6.07, 6.45) is -2.65. The first kappa shape index (κ1) is 15.0. The third-order valence-electron chi connectivity index (χ3n) is 3.79. The lowest BCUT2D eigenvalue weighted by atomic mass is 9.88. The van der Waals surface area contributed by atoms with Crippen molar-refractivity contribution in [1.82, 2.24) is 5.32 Å². The van der Waals surface area contributed by atoms with Gasteiger partial charge in [0.2, 0.25) is 0 Å². The molecule has 20 heavy (non-hydrogen) atoms. The molecule has 2 rings (SSSR count). The Balaban J connectivity index is 2.61. The maximum atomic E-state index is 13.0. The molecule has 0 radical (unpaired) electrons. The van der Waals surface area contributed by atoms with Gasteiger partial charge in [-0.1, -0.05) is 6.07 Å². The molecular weight excluding hydrogens is 271 g/mol. The van der Waals surface area contributed by atoms with E-state index in [0.29, 0.717) is 5.56 Å². The zero-order valence-electron chi connectivity index (χ0n) is 11.7. The predicted molar refractivity (Wildman–Crippen MR) is 69.1 cm³/mol. The van der Waals surface area contributed by atoms with E-state index in [9.17, 15) is 13.2 Å². The van der Waals surface area contributed by atoms with Crippen LogP contribution in [0.4, 0.5) is 13.2 Å². The van der Waals surface area contributed by atoms with Crippen LogP contribution in [0.3, 0.4) is 0 Å². The third kappa shape index (κ3) is 2.44. The van der Waals surface area contributed by atoms with Gasteiger partial charge in [-0.2, -0.15) is 13.2 Å². The second kappa shape index (κ2) is 5.16. The molecule has 1 heterocycles. The predicted octanol–water partition coefficient (Wildman–Crippen LogP) is 3.32. The Labute approximate surface area is 116 Å². The van der Waals surface area contributed by atoms with Gasteiger partial charge in [0.1, 0.15) is 5.56 Å². The number of rotatable bonds is 3. The van der Waals surface area contributed by atoms with Gasteiger partial charge in [-0.25, -0.2) is 0 Å². The van der Waals surface area contributed by atoms with Gasteiger partial charge in [-0.3, -0.25) is 0 Å². The molecule has 1 unspecified atom stereocenters. The van der Waals surface area contributed by atoms with Gasteiger partial charge in [0.25, 0.3) is 0 Å². The summed E-state index contributed by atoms with van der Waals surface area (Å²) in [6, 6.07) is 2.53. The number of ether oxygens (including phenoxy) is 2. The SMILES string of the molecule is COc1c(C(F)(F)F)ccc(C2(C)CCCN2)c1OC. The van der Waals surface area contributed by atoms with Crippen molar-refractivity contribution >= 4 is 0 Å². The van der Waals surface area contributed by atoms with Crippen LogP contribution in [0.5, 0.6) is 11.5 Å². The smallest absolute Gasteiger partial charge is 0.420 e. The average molecular weight is 289 g/mol. The van der Waals surface area contributed by atoms with Gasteiger partial charge in [-0.15, -0.1) is 0 Å². The van der Waals surface area contributed by atoms with E-state index in [1.807, 2.05) is 6.92 Å². The van der Waals surface area contributed by atoms with E-state index in [0.717, 1.165) is 25.5 Å². The molecule has 1 aromatic rings. The Morgan fingerprint density at radius 1 is 1.15 bits per heavy atom. The maximum Gasteiger partial charge on any atom is 0.420 e. The van der Waals surface area contributed by atoms with Gasteiger partial charge in [-0.05, 0) is 32.4 Å². The number of methoxy groups -OCH3 is 2. The summed E-state index contributed by atoms with van der Waals surface area (Å²) in [4.78, 5) is 0. The Hall–Kier alpha value is -1.43. The number of nitrogens with one attached hydrogen (secondary N) is 1. The van der Waals surface area contributed by atoms with Gasteiger partial charge in [0, 0.05) is 11.1 Å². The van der Waals surface area contributed by atoms with Crippen LogP contribution in [-0.4, -0.2) is 20.8 Å². The second-order valence-corrected chi connectivity index (χ2v) is 5.09. The lowest BCUT2D eigenvalue weighted by Crippen LogP contribution is -2.33. The second-order valence-electron chi connectivity index (χ2n) is 5.09. The molecule has 3 nitrogen and oxygen atoms in total. The van der Waals surface area contributed by atoms with Crippen LogP contribution in [0.15, 0.2) is 12.1 Å². The molecule has 1 aliphatic heterocycles. The lowest BCUT2D eigenvalue weighted by Gasteiger charge is -2.29. The molecular formula is C14H18F3NO2. The third-order valence-corrected chi connectivity index (χ3v) is 3.79. The van der Waals surface area contributed by atoms with E-state index in [4.69, 9.17) is 9.47 Å². The summed E-state index contributed by atoms with van der Waals surface area (Å²) >= 11 is 0. The molecule has 0 aliphatic carbocycles. The molecule has 1 fully saturated rings. The molecule has 1 atom stereocenters. The van der Waals surface area contributed by atoms with Crippen LogP contribution in [0, 0.1) is 0 Å². The first-order valence-electron chi connectivity index (χ1n) is 6.41. The van der Waals surface area contributed by atoms with E-state index < -0.39 is 11.7 Å². The summed E-state index contributed by atoms with van der Waals surface area (Å²) in [5.74, 6) is -0.105. The van der Waals surface area contributed by atoms with Gasteiger partial charge in [0.15, 0.2) is 11.5 Å². The lowest BCUT2D eigenvalue weighted by molar-refractivity contribution is -0.138. The minimum absolute atomic E-state index is 0.152. The molecule has 112 valence electrons. The highest BCUT2D eigenvalue weighted by atomic mass is 19.4. The average Bonchev–Trinajstić information content (AvgIpc) is 2.83. The van der Waals surface area contributed by atoms with E-state index in [2.05, 4.69) is 5.32 Å². The van der Waals surface area contributed by atoms with Crippen molar-refractivity contribution in [3.05, 3.63) is 23.3 Å². The number of hydrogen-bond donors (Lipinski definition) is 1. The van der Waals surface area contributed by atoms with E-state index in [1.54, 1.807) is 0 Å². The normalized spacial score (nSPS) is 22.9. The van der Waals surface area contributed by atoms with Gasteiger partial charge >= 0.3 is 6.18 Å². The van der Waals surface area contributed by atoms with Crippen molar-refractivity contribution in [1.29, 1.82) is 0 Å². The number of hydrogen-bond acceptors (Lipinski definition) is 3. The first-order chi connectivity index (χ1) is 9.33. The molecule has 1 N–H and O–H groups in total. The Morgan fingerprint density at radius 3 is 2.25 bits per heavy atom. The Morgan fingerprint density at radius 2 is 1.80 bits per heavy atom. The molecule has 0 bridgehead atoms. The summed E-state index contributed by atoms with van der Waals surface area (Å²) < 4.78 is 49.2. The Bertz CT molecular complexity index is 494. The monoisotopic (exact) mass is 289 g/mol. The quantitative estimate of drug-likeness (QED) is 0.926. The number of halogens is 3. The van der Waals surface area contributed by atoms with Crippen molar-refractivity contribution in [2.75, 3.05) is 20.8 Å². The minimum Gasteiger partial charge on any atom is -0.492 e. The van der Waals surface area contributed by atoms with Crippen molar-refractivity contribution < 1.29 is 22.6 Å². The van der Waals surface area contributed by atoms with E-state index >= 15 is 0 Å². The fourth-order valence-corrected chi connectivity index (χ4v) is 2.75. The van der Waals surface area contributed by atoms with E-state index in [-0.39, 0.29) is 17.0 Å². The van der Waals surface area contributed by atoms with Crippen LogP contribution in [0.25, 0.3) is 0 Å². The minimum atomic E-state index is -4.47. The zero-order chi connectivity index (χ0) is 15.0. The zero-order valence-corrected chi connectivity index (χ0v) is 11.7. The van der Waals surface area contributed by atoms with Gasteiger partial charge in [0.05, 0.1) is 14.2 Å². The summed E-state index contributed by atoms with van der Waals surface area (Å²) in [5, 5.41) is 3.32. The fourth-order valence-electron chi connectivity index (χ4n) is 2.75. The fraction of sp³-hybridized carbons (Fsp3) is 0.571. The van der Waals surface area contributed by atoms with E-state index in [1.165, 1.54) is 20.3 Å².